The lowest BCUT2D eigenvalue weighted by Crippen LogP contribution is -2.49. The van der Waals surface area contributed by atoms with Crippen LogP contribution in [0, 0.1) is 11.3 Å². The summed E-state index contributed by atoms with van der Waals surface area (Å²) in [4.78, 5) is 26.8. The van der Waals surface area contributed by atoms with E-state index in [-0.39, 0.29) is 11.9 Å². The first-order chi connectivity index (χ1) is 9.17. The van der Waals surface area contributed by atoms with Crippen molar-refractivity contribution in [1.82, 2.24) is 9.80 Å². The maximum Gasteiger partial charge on any atom is 0.306 e. The summed E-state index contributed by atoms with van der Waals surface area (Å²) in [5.41, 5.74) is 0. The summed E-state index contributed by atoms with van der Waals surface area (Å²) in [7, 11) is 1.39. The molecule has 0 radical (unpaired) electrons. The highest BCUT2D eigenvalue weighted by Crippen LogP contribution is 2.07. The van der Waals surface area contributed by atoms with Gasteiger partial charge in [-0.15, -0.1) is 11.8 Å². The first-order valence-electron chi connectivity index (χ1n) is 6.19. The lowest BCUT2D eigenvalue weighted by Gasteiger charge is -2.34. The van der Waals surface area contributed by atoms with Crippen LogP contribution in [0.4, 0.5) is 0 Å². The van der Waals surface area contributed by atoms with E-state index in [0.717, 1.165) is 13.1 Å². The maximum absolute atomic E-state index is 11.8. The zero-order valence-corrected chi connectivity index (χ0v) is 11.9. The second kappa shape index (κ2) is 8.77. The topological polar surface area (TPSA) is 73.6 Å². The second-order valence-corrected chi connectivity index (χ2v) is 5.19. The minimum atomic E-state index is -0.202. The fourth-order valence-corrected chi connectivity index (χ4v) is 2.40. The molecule has 0 bridgehead atoms. The van der Waals surface area contributed by atoms with Crippen LogP contribution in [0.5, 0.6) is 0 Å². The normalized spacial score (nSPS) is 15.9. The highest BCUT2D eigenvalue weighted by atomic mass is 32.2. The highest BCUT2D eigenvalue weighted by Gasteiger charge is 2.21. The van der Waals surface area contributed by atoms with Crippen LogP contribution < -0.4 is 0 Å². The predicted molar refractivity (Wildman–Crippen MR) is 72.6 cm³/mol. The van der Waals surface area contributed by atoms with Crippen LogP contribution in [-0.4, -0.2) is 73.0 Å². The van der Waals surface area contributed by atoms with Gasteiger partial charge in [-0.2, -0.15) is 5.26 Å². The number of ether oxygens (including phenoxy) is 1. The van der Waals surface area contributed by atoms with Crippen LogP contribution in [0.3, 0.4) is 0 Å². The molecule has 1 rings (SSSR count). The summed E-state index contributed by atoms with van der Waals surface area (Å²) in [6, 6.07) is 2.01. The average Bonchev–Trinajstić information content (AvgIpc) is 2.45. The standard InChI is InChI=1S/C12H19N3O3S/c1-18-12(17)2-4-14-5-7-15(8-6-14)11(16)10-19-9-3-13/h2,4-10H2,1H3. The fraction of sp³-hybridized carbons (Fsp3) is 0.750. The first-order valence-corrected chi connectivity index (χ1v) is 7.34. The van der Waals surface area contributed by atoms with Crippen LogP contribution in [0.2, 0.25) is 0 Å². The number of carbonyl (C=O) groups excluding carboxylic acids is 2. The molecular formula is C12H19N3O3S. The Kier molecular flexibility index (Phi) is 7.30. The molecule has 1 fully saturated rings. The van der Waals surface area contributed by atoms with Crippen molar-refractivity contribution in [2.45, 2.75) is 6.42 Å². The van der Waals surface area contributed by atoms with E-state index in [1.54, 1.807) is 0 Å². The number of thioether (sulfide) groups is 1. The third-order valence-corrected chi connectivity index (χ3v) is 3.76. The third kappa shape index (κ3) is 5.94. The van der Waals surface area contributed by atoms with E-state index < -0.39 is 0 Å². The van der Waals surface area contributed by atoms with Crippen molar-refractivity contribution in [3.05, 3.63) is 0 Å². The van der Waals surface area contributed by atoms with Crippen molar-refractivity contribution in [3.63, 3.8) is 0 Å². The molecule has 0 spiro atoms. The van der Waals surface area contributed by atoms with Crippen LogP contribution in [0.1, 0.15) is 6.42 Å². The summed E-state index contributed by atoms with van der Waals surface area (Å²) in [6.07, 6.45) is 0.391. The number of nitrogens with zero attached hydrogens (tertiary/aromatic N) is 3. The molecule has 1 aliphatic rings. The molecule has 1 aliphatic heterocycles. The summed E-state index contributed by atoms with van der Waals surface area (Å²) < 4.78 is 4.60. The van der Waals surface area contributed by atoms with Gasteiger partial charge in [0.15, 0.2) is 0 Å². The predicted octanol–water partition coefficient (Wildman–Crippen LogP) is -0.0495. The van der Waals surface area contributed by atoms with E-state index in [1.165, 1.54) is 18.9 Å². The quantitative estimate of drug-likeness (QED) is 0.503. The molecule has 19 heavy (non-hydrogen) atoms. The molecule has 7 heteroatoms. The molecule has 1 amide bonds. The SMILES string of the molecule is COC(=O)CCN1CCN(C(=O)CSCC#N)CC1. The van der Waals surface area contributed by atoms with Gasteiger partial charge in [-0.3, -0.25) is 14.5 Å². The smallest absolute Gasteiger partial charge is 0.306 e. The molecule has 0 aliphatic carbocycles. The molecule has 0 unspecified atom stereocenters. The van der Waals surface area contributed by atoms with Gasteiger partial charge >= 0.3 is 5.97 Å². The Labute approximate surface area is 117 Å². The fourth-order valence-electron chi connectivity index (χ4n) is 1.85. The van der Waals surface area contributed by atoms with Gasteiger partial charge < -0.3 is 9.64 Å². The van der Waals surface area contributed by atoms with Crippen molar-refractivity contribution in [2.24, 2.45) is 0 Å². The molecular weight excluding hydrogens is 266 g/mol. The summed E-state index contributed by atoms with van der Waals surface area (Å²) in [5.74, 6) is 0.611. The number of hydrogen-bond donors (Lipinski definition) is 0. The lowest BCUT2D eigenvalue weighted by atomic mass is 10.3. The van der Waals surface area contributed by atoms with Crippen LogP contribution in [0.15, 0.2) is 0 Å². The summed E-state index contributed by atoms with van der Waals surface area (Å²) in [6.45, 7) is 3.62. The van der Waals surface area contributed by atoms with Crippen molar-refractivity contribution >= 4 is 23.6 Å². The number of rotatable bonds is 6. The van der Waals surface area contributed by atoms with Gasteiger partial charge in [0.25, 0.3) is 0 Å². The number of esters is 1. The Morgan fingerprint density at radius 3 is 2.58 bits per heavy atom. The molecule has 0 N–H and O–H groups in total. The average molecular weight is 285 g/mol. The number of hydrogen-bond acceptors (Lipinski definition) is 6. The van der Waals surface area contributed by atoms with E-state index in [9.17, 15) is 9.59 Å². The summed E-state index contributed by atoms with van der Waals surface area (Å²) in [5, 5.41) is 8.41. The van der Waals surface area contributed by atoms with Gasteiger partial charge in [0.2, 0.25) is 5.91 Å². The number of amides is 1. The molecule has 0 saturated carbocycles. The van der Waals surface area contributed by atoms with Crippen molar-refractivity contribution in [2.75, 3.05) is 51.3 Å². The molecule has 0 aromatic rings. The van der Waals surface area contributed by atoms with Gasteiger partial charge in [-0.1, -0.05) is 0 Å². The number of piperazine rings is 1. The number of methoxy groups -OCH3 is 1. The minimum Gasteiger partial charge on any atom is -0.469 e. The Balaban J connectivity index is 2.19. The Morgan fingerprint density at radius 1 is 1.32 bits per heavy atom. The van der Waals surface area contributed by atoms with Crippen molar-refractivity contribution in [1.29, 1.82) is 5.26 Å². The van der Waals surface area contributed by atoms with Gasteiger partial charge in [0.05, 0.1) is 31.1 Å². The van der Waals surface area contributed by atoms with Crippen LogP contribution in [0.25, 0.3) is 0 Å². The third-order valence-electron chi connectivity index (χ3n) is 2.98. The molecule has 0 aromatic heterocycles. The van der Waals surface area contributed by atoms with E-state index in [0.29, 0.717) is 37.6 Å². The molecule has 106 valence electrons. The number of carbonyl (C=O) groups is 2. The van der Waals surface area contributed by atoms with Crippen LogP contribution in [-0.2, 0) is 14.3 Å². The van der Waals surface area contributed by atoms with E-state index >= 15 is 0 Å². The van der Waals surface area contributed by atoms with Crippen molar-refractivity contribution < 1.29 is 14.3 Å². The van der Waals surface area contributed by atoms with Crippen LogP contribution >= 0.6 is 11.8 Å². The largest absolute Gasteiger partial charge is 0.469 e. The van der Waals surface area contributed by atoms with Crippen molar-refractivity contribution in [3.8, 4) is 6.07 Å². The first kappa shape index (κ1) is 15.8. The Bertz CT molecular complexity index is 349. The summed E-state index contributed by atoms with van der Waals surface area (Å²) >= 11 is 1.35. The number of nitriles is 1. The van der Waals surface area contributed by atoms with Gasteiger partial charge in [0.1, 0.15) is 0 Å². The second-order valence-electron chi connectivity index (χ2n) is 4.20. The Hall–Kier alpha value is -1.26. The van der Waals surface area contributed by atoms with Gasteiger partial charge in [-0.05, 0) is 0 Å². The molecule has 6 nitrogen and oxygen atoms in total. The maximum atomic E-state index is 11.8. The van der Waals surface area contributed by atoms with Gasteiger partial charge in [0, 0.05) is 32.7 Å². The van der Waals surface area contributed by atoms with E-state index in [2.05, 4.69) is 9.64 Å². The zero-order valence-electron chi connectivity index (χ0n) is 11.1. The van der Waals surface area contributed by atoms with E-state index in [4.69, 9.17) is 5.26 Å². The molecule has 1 heterocycles. The van der Waals surface area contributed by atoms with E-state index in [1.807, 2.05) is 11.0 Å². The Morgan fingerprint density at radius 2 is 2.00 bits per heavy atom. The highest BCUT2D eigenvalue weighted by molar-refractivity contribution is 8.00. The zero-order chi connectivity index (χ0) is 14.1. The minimum absolute atomic E-state index is 0.0906. The van der Waals surface area contributed by atoms with Gasteiger partial charge in [-0.25, -0.2) is 0 Å². The molecule has 0 aromatic carbocycles. The molecule has 0 atom stereocenters. The molecule has 1 saturated heterocycles. The monoisotopic (exact) mass is 285 g/mol. The lowest BCUT2D eigenvalue weighted by molar-refractivity contribution is -0.141.